The second kappa shape index (κ2) is 12.8. The summed E-state index contributed by atoms with van der Waals surface area (Å²) in [4.78, 5) is 32.4. The maximum Gasteiger partial charge on any atom is 0.434 e. The summed E-state index contributed by atoms with van der Waals surface area (Å²) < 4.78 is 46.9. The topological polar surface area (TPSA) is 109 Å². The first-order chi connectivity index (χ1) is 21.5. The van der Waals surface area contributed by atoms with Crippen molar-refractivity contribution >= 4 is 35.1 Å². The Morgan fingerprint density at radius 1 is 0.978 bits per heavy atom. The number of carboxylic acid groups (broad SMARTS) is 1. The Labute approximate surface area is 266 Å². The van der Waals surface area contributed by atoms with Gasteiger partial charge in [-0.05, 0) is 61.7 Å². The van der Waals surface area contributed by atoms with Crippen LogP contribution in [0.15, 0.2) is 48.9 Å². The van der Waals surface area contributed by atoms with E-state index in [0.29, 0.717) is 64.3 Å². The normalized spacial score (nSPS) is 16.1. The zero-order chi connectivity index (χ0) is 31.7. The minimum Gasteiger partial charge on any atom is -0.481 e. The molecule has 1 saturated heterocycles. The van der Waals surface area contributed by atoms with Gasteiger partial charge in [0.2, 0.25) is 11.8 Å². The van der Waals surface area contributed by atoms with Crippen molar-refractivity contribution in [1.29, 1.82) is 0 Å². The van der Waals surface area contributed by atoms with Crippen LogP contribution in [0.3, 0.4) is 0 Å². The van der Waals surface area contributed by atoms with Crippen molar-refractivity contribution < 1.29 is 27.8 Å². The second-order valence-electron chi connectivity index (χ2n) is 11.2. The number of benzene rings is 1. The quantitative estimate of drug-likeness (QED) is 0.224. The highest BCUT2D eigenvalue weighted by molar-refractivity contribution is 6.35. The average Bonchev–Trinajstić information content (AvgIpc) is 3.42. The first-order valence-corrected chi connectivity index (χ1v) is 15.0. The van der Waals surface area contributed by atoms with E-state index in [-0.39, 0.29) is 18.9 Å². The number of likely N-dealkylation sites (tertiary alicyclic amines) is 1. The predicted octanol–water partition coefficient (Wildman–Crippen LogP) is 6.56. The highest BCUT2D eigenvalue weighted by Crippen LogP contribution is 2.32. The molecule has 6 rings (SSSR count). The lowest BCUT2D eigenvalue weighted by molar-refractivity contribution is -0.141. The molecule has 15 heteroatoms. The van der Waals surface area contributed by atoms with Gasteiger partial charge >= 0.3 is 12.1 Å². The molecule has 0 unspecified atom stereocenters. The van der Waals surface area contributed by atoms with Gasteiger partial charge in [-0.15, -0.1) is 0 Å². The van der Waals surface area contributed by atoms with Gasteiger partial charge in [0.05, 0.1) is 24.6 Å². The van der Waals surface area contributed by atoms with Gasteiger partial charge < -0.3 is 19.3 Å². The van der Waals surface area contributed by atoms with Crippen LogP contribution in [0.4, 0.5) is 19.1 Å². The van der Waals surface area contributed by atoms with Crippen LogP contribution in [0, 0.1) is 5.92 Å². The van der Waals surface area contributed by atoms with Crippen LogP contribution < -0.4 is 9.64 Å². The minimum atomic E-state index is -4.51. The lowest BCUT2D eigenvalue weighted by Gasteiger charge is -2.31. The van der Waals surface area contributed by atoms with Crippen LogP contribution in [0.5, 0.6) is 11.6 Å². The highest BCUT2D eigenvalue weighted by Gasteiger charge is 2.36. The Hall–Kier alpha value is -3.94. The van der Waals surface area contributed by atoms with Crippen LogP contribution in [0.1, 0.15) is 36.3 Å². The minimum absolute atomic E-state index is 0.138. The zero-order valence-corrected chi connectivity index (χ0v) is 25.4. The number of imidazole rings is 1. The number of ether oxygens (including phenoxy) is 1. The third-order valence-corrected chi connectivity index (χ3v) is 8.25. The number of pyridine rings is 1. The highest BCUT2D eigenvalue weighted by atomic mass is 35.5. The third kappa shape index (κ3) is 7.66. The summed E-state index contributed by atoms with van der Waals surface area (Å²) >= 11 is 12.5. The van der Waals surface area contributed by atoms with Crippen molar-refractivity contribution in [3.63, 3.8) is 0 Å². The molecule has 0 radical (unpaired) electrons. The number of aliphatic carboxylic acids is 1. The number of hydrogen-bond acceptors (Lipinski definition) is 8. The summed E-state index contributed by atoms with van der Waals surface area (Å²) in [5.41, 5.74) is 1.33. The van der Waals surface area contributed by atoms with Crippen LogP contribution in [0.2, 0.25) is 10.0 Å². The molecule has 0 saturated carbocycles. The Bertz CT molecular complexity index is 1670. The van der Waals surface area contributed by atoms with E-state index < -0.39 is 17.8 Å². The molecule has 1 N–H and O–H groups in total. The molecule has 2 aliphatic rings. The maximum absolute atomic E-state index is 13.1. The van der Waals surface area contributed by atoms with Crippen LogP contribution in [-0.2, 0) is 30.6 Å². The van der Waals surface area contributed by atoms with Crippen molar-refractivity contribution in [2.75, 3.05) is 24.5 Å². The van der Waals surface area contributed by atoms with Crippen LogP contribution in [0.25, 0.3) is 11.3 Å². The van der Waals surface area contributed by atoms with Crippen molar-refractivity contribution in [2.45, 2.75) is 45.1 Å². The first-order valence-electron chi connectivity index (χ1n) is 14.3. The van der Waals surface area contributed by atoms with Crippen molar-refractivity contribution in [1.82, 2.24) is 29.4 Å². The molecular weight excluding hydrogens is 634 g/mol. The van der Waals surface area contributed by atoms with Crippen LogP contribution >= 0.6 is 23.2 Å². The number of rotatable bonds is 8. The molecule has 1 aromatic carbocycles. The van der Waals surface area contributed by atoms with Crippen molar-refractivity contribution in [2.24, 2.45) is 5.92 Å². The Kier molecular flexibility index (Phi) is 8.85. The van der Waals surface area contributed by atoms with Gasteiger partial charge in [0.25, 0.3) is 0 Å². The average molecular weight is 662 g/mol. The van der Waals surface area contributed by atoms with E-state index in [1.165, 1.54) is 17.0 Å². The summed E-state index contributed by atoms with van der Waals surface area (Å²) in [7, 11) is 0. The Balaban J connectivity index is 1.19. The molecule has 2 aliphatic heterocycles. The molecule has 0 aliphatic carbocycles. The number of nitrogens with zero attached hydrogens (tertiary/aromatic N) is 7. The number of hydrogen-bond donors (Lipinski definition) is 1. The van der Waals surface area contributed by atoms with E-state index in [0.717, 1.165) is 37.7 Å². The molecular formula is C30H28Cl2F3N7O3. The molecule has 0 spiro atoms. The molecule has 1 fully saturated rings. The molecule has 0 amide bonds. The Morgan fingerprint density at radius 2 is 1.69 bits per heavy atom. The van der Waals surface area contributed by atoms with E-state index in [1.807, 2.05) is 12.1 Å². The molecule has 10 nitrogen and oxygen atoms in total. The standard InChI is InChI=1S/C30H28Cl2F3N7O3/c31-21-10-20(11-22(32)12-21)24-7-19(15-40-3-1-18(2-4-40)9-28(43)44)8-27(38-24)45-23-13-36-29(37-14-23)42-6-5-41-16-25(30(33,34)35)39-26(41)17-42/h7-8,10-14,16,18H,1-6,9,15,17H2,(H,43,44). The molecule has 4 aromatic rings. The molecule has 0 bridgehead atoms. The number of halogens is 5. The lowest BCUT2D eigenvalue weighted by Crippen LogP contribution is -2.34. The molecule has 45 heavy (non-hydrogen) atoms. The summed E-state index contributed by atoms with van der Waals surface area (Å²) in [5, 5.41) is 10.1. The van der Waals surface area contributed by atoms with E-state index in [4.69, 9.17) is 33.0 Å². The fourth-order valence-electron chi connectivity index (χ4n) is 5.61. The van der Waals surface area contributed by atoms with E-state index >= 15 is 0 Å². The fourth-order valence-corrected chi connectivity index (χ4v) is 6.14. The number of carboxylic acids is 1. The first kappa shape index (κ1) is 31.1. The zero-order valence-electron chi connectivity index (χ0n) is 23.8. The third-order valence-electron chi connectivity index (χ3n) is 7.81. The van der Waals surface area contributed by atoms with E-state index in [9.17, 15) is 18.0 Å². The molecule has 5 heterocycles. The largest absolute Gasteiger partial charge is 0.481 e. The van der Waals surface area contributed by atoms with Gasteiger partial charge in [0.15, 0.2) is 11.4 Å². The summed E-state index contributed by atoms with van der Waals surface area (Å²) in [6.45, 7) is 3.04. The number of piperidine rings is 1. The summed E-state index contributed by atoms with van der Waals surface area (Å²) in [6, 6.07) is 8.94. The smallest absolute Gasteiger partial charge is 0.434 e. The van der Waals surface area contributed by atoms with Gasteiger partial charge in [0.1, 0.15) is 5.82 Å². The number of fused-ring (bicyclic) bond motifs is 1. The van der Waals surface area contributed by atoms with Gasteiger partial charge in [-0.25, -0.2) is 19.9 Å². The number of aromatic nitrogens is 5. The van der Waals surface area contributed by atoms with Gasteiger partial charge in [-0.3, -0.25) is 9.69 Å². The molecule has 236 valence electrons. The fraction of sp³-hybridized carbons (Fsp3) is 0.367. The Morgan fingerprint density at radius 3 is 2.36 bits per heavy atom. The number of anilines is 1. The second-order valence-corrected chi connectivity index (χ2v) is 12.0. The number of alkyl halides is 3. The van der Waals surface area contributed by atoms with Gasteiger partial charge in [-0.2, -0.15) is 13.2 Å². The van der Waals surface area contributed by atoms with Gasteiger partial charge in [-0.1, -0.05) is 23.2 Å². The molecule has 3 aromatic heterocycles. The van der Waals surface area contributed by atoms with E-state index in [1.54, 1.807) is 23.1 Å². The van der Waals surface area contributed by atoms with Crippen molar-refractivity contribution in [3.8, 4) is 22.9 Å². The predicted molar refractivity (Wildman–Crippen MR) is 160 cm³/mol. The van der Waals surface area contributed by atoms with Gasteiger partial charge in [0, 0.05) is 53.9 Å². The number of carbonyl (C=O) groups is 1. The van der Waals surface area contributed by atoms with E-state index in [2.05, 4.69) is 24.8 Å². The summed E-state index contributed by atoms with van der Waals surface area (Å²) in [6.07, 6.45) is 1.30. The monoisotopic (exact) mass is 661 g/mol. The van der Waals surface area contributed by atoms with Crippen LogP contribution in [-0.4, -0.2) is 60.1 Å². The summed E-state index contributed by atoms with van der Waals surface area (Å²) in [5.74, 6) is 0.659. The van der Waals surface area contributed by atoms with Crippen molar-refractivity contribution in [3.05, 3.63) is 76.0 Å². The maximum atomic E-state index is 13.1. The lowest BCUT2D eigenvalue weighted by atomic mass is 9.93. The SMILES string of the molecule is O=C(O)CC1CCN(Cc2cc(Oc3cnc(N4CCn5cc(C(F)(F)F)nc5C4)nc3)nc(-c3cc(Cl)cc(Cl)c3)c2)CC1. The molecule has 0 atom stereocenters.